The van der Waals surface area contributed by atoms with Crippen molar-refractivity contribution in [3.05, 3.63) is 18.1 Å². The lowest BCUT2D eigenvalue weighted by molar-refractivity contribution is -0.119. The molecule has 5 nitrogen and oxygen atoms in total. The van der Waals surface area contributed by atoms with E-state index in [4.69, 9.17) is 0 Å². The molecule has 1 aliphatic rings. The molecule has 6 heteroatoms. The van der Waals surface area contributed by atoms with Crippen molar-refractivity contribution in [2.45, 2.75) is 51.6 Å². The molecule has 0 aromatic carbocycles. The Hall–Kier alpha value is -1.72. The summed E-state index contributed by atoms with van der Waals surface area (Å²) in [4.78, 5) is 22.0. The number of hydrogen-bond acceptors (Lipinski definition) is 4. The number of piperidine rings is 1. The molecule has 1 aromatic rings. The molecule has 1 N–H and O–H groups in total. The van der Waals surface area contributed by atoms with Crippen molar-refractivity contribution in [1.29, 1.82) is 0 Å². The number of amides is 1. The van der Waals surface area contributed by atoms with Crippen molar-refractivity contribution >= 4 is 11.7 Å². The summed E-state index contributed by atoms with van der Waals surface area (Å²) in [5.41, 5.74) is -1.43. The molecular formula is C16H25FN4O. The number of carbonyl (C=O) groups is 1. The summed E-state index contributed by atoms with van der Waals surface area (Å²) < 4.78 is 14.6. The SMILES string of the molecule is CC(=O)NCC1(F)CCN(c2ccnc(C(C)(C)C)n2)CC1. The largest absolute Gasteiger partial charge is 0.356 e. The molecule has 0 spiro atoms. The first kappa shape index (κ1) is 16.6. The molecule has 0 aliphatic carbocycles. The van der Waals surface area contributed by atoms with Crippen LogP contribution in [0.15, 0.2) is 12.3 Å². The zero-order valence-electron chi connectivity index (χ0n) is 13.8. The predicted octanol–water partition coefficient (Wildman–Crippen LogP) is 2.22. The van der Waals surface area contributed by atoms with Gasteiger partial charge in [0.2, 0.25) is 5.91 Å². The predicted molar refractivity (Wildman–Crippen MR) is 84.7 cm³/mol. The van der Waals surface area contributed by atoms with Crippen molar-refractivity contribution in [2.75, 3.05) is 24.5 Å². The summed E-state index contributed by atoms with van der Waals surface area (Å²) in [6, 6.07) is 1.87. The number of anilines is 1. The first-order valence-electron chi connectivity index (χ1n) is 7.71. The number of carbonyl (C=O) groups excluding carboxylic acids is 1. The van der Waals surface area contributed by atoms with Gasteiger partial charge in [0.25, 0.3) is 0 Å². The van der Waals surface area contributed by atoms with Gasteiger partial charge in [-0.1, -0.05) is 20.8 Å². The molecule has 2 rings (SSSR count). The van der Waals surface area contributed by atoms with Crippen LogP contribution in [0.4, 0.5) is 10.2 Å². The van der Waals surface area contributed by atoms with Crippen molar-refractivity contribution in [3.63, 3.8) is 0 Å². The van der Waals surface area contributed by atoms with Crippen LogP contribution in [0.3, 0.4) is 0 Å². The maximum absolute atomic E-state index is 14.6. The summed E-state index contributed by atoms with van der Waals surface area (Å²) in [5, 5.41) is 2.58. The smallest absolute Gasteiger partial charge is 0.216 e. The van der Waals surface area contributed by atoms with Crippen LogP contribution in [0.25, 0.3) is 0 Å². The molecular weight excluding hydrogens is 283 g/mol. The number of aromatic nitrogens is 2. The second kappa shape index (κ2) is 6.18. The van der Waals surface area contributed by atoms with E-state index in [1.54, 1.807) is 6.20 Å². The Kier molecular flexibility index (Phi) is 4.68. The highest BCUT2D eigenvalue weighted by Gasteiger charge is 2.35. The quantitative estimate of drug-likeness (QED) is 0.930. The fourth-order valence-electron chi connectivity index (χ4n) is 2.48. The lowest BCUT2D eigenvalue weighted by Gasteiger charge is -2.37. The third-order valence-electron chi connectivity index (χ3n) is 3.95. The van der Waals surface area contributed by atoms with Crippen LogP contribution in [0.5, 0.6) is 0 Å². The minimum atomic E-state index is -1.32. The van der Waals surface area contributed by atoms with Crippen molar-refractivity contribution in [3.8, 4) is 0 Å². The van der Waals surface area contributed by atoms with E-state index >= 15 is 0 Å². The zero-order chi connectivity index (χ0) is 16.4. The van der Waals surface area contributed by atoms with Crippen molar-refractivity contribution in [2.24, 2.45) is 0 Å². The average Bonchev–Trinajstić information content (AvgIpc) is 2.45. The van der Waals surface area contributed by atoms with Crippen LogP contribution >= 0.6 is 0 Å². The maximum Gasteiger partial charge on any atom is 0.216 e. The van der Waals surface area contributed by atoms with E-state index in [1.807, 2.05) is 6.07 Å². The van der Waals surface area contributed by atoms with Gasteiger partial charge in [-0.15, -0.1) is 0 Å². The summed E-state index contributed by atoms with van der Waals surface area (Å²) in [5.74, 6) is 1.45. The van der Waals surface area contributed by atoms with Crippen molar-refractivity contribution in [1.82, 2.24) is 15.3 Å². The molecule has 22 heavy (non-hydrogen) atoms. The van der Waals surface area contributed by atoms with E-state index in [1.165, 1.54) is 6.92 Å². The Bertz CT molecular complexity index is 533. The van der Waals surface area contributed by atoms with Gasteiger partial charge in [0.15, 0.2) is 0 Å². The molecule has 1 aliphatic heterocycles. The molecule has 1 amide bonds. The number of rotatable bonds is 3. The molecule has 1 saturated heterocycles. The molecule has 0 atom stereocenters. The number of alkyl halides is 1. The van der Waals surface area contributed by atoms with E-state index in [-0.39, 0.29) is 17.9 Å². The Labute approximate surface area is 131 Å². The zero-order valence-corrected chi connectivity index (χ0v) is 13.8. The van der Waals surface area contributed by atoms with E-state index in [9.17, 15) is 9.18 Å². The molecule has 2 heterocycles. The van der Waals surface area contributed by atoms with Gasteiger partial charge in [-0.3, -0.25) is 4.79 Å². The molecule has 0 radical (unpaired) electrons. The second-order valence-electron chi connectivity index (χ2n) is 7.04. The van der Waals surface area contributed by atoms with Crippen LogP contribution in [0, 0.1) is 0 Å². The molecule has 1 aromatic heterocycles. The van der Waals surface area contributed by atoms with E-state index in [0.29, 0.717) is 25.9 Å². The molecule has 0 bridgehead atoms. The summed E-state index contributed by atoms with van der Waals surface area (Å²) in [6.45, 7) is 8.90. The van der Waals surface area contributed by atoms with E-state index in [2.05, 4.69) is 41.0 Å². The van der Waals surface area contributed by atoms with Gasteiger partial charge in [0.1, 0.15) is 17.3 Å². The Morgan fingerprint density at radius 3 is 2.59 bits per heavy atom. The second-order valence-corrected chi connectivity index (χ2v) is 7.04. The third kappa shape index (κ3) is 4.15. The van der Waals surface area contributed by atoms with Gasteiger partial charge in [0, 0.05) is 44.5 Å². The van der Waals surface area contributed by atoms with Gasteiger partial charge in [-0.2, -0.15) is 0 Å². The number of nitrogens with one attached hydrogen (secondary N) is 1. The minimum absolute atomic E-state index is 0.0905. The van der Waals surface area contributed by atoms with Crippen LogP contribution in [0.2, 0.25) is 0 Å². The monoisotopic (exact) mass is 308 g/mol. The third-order valence-corrected chi connectivity index (χ3v) is 3.95. The Balaban J connectivity index is 2.01. The Morgan fingerprint density at radius 2 is 2.05 bits per heavy atom. The highest BCUT2D eigenvalue weighted by atomic mass is 19.1. The van der Waals surface area contributed by atoms with Crippen LogP contribution < -0.4 is 10.2 Å². The summed E-state index contributed by atoms with van der Waals surface area (Å²) >= 11 is 0. The van der Waals surface area contributed by atoms with Gasteiger partial charge in [-0.05, 0) is 6.07 Å². The van der Waals surface area contributed by atoms with Crippen molar-refractivity contribution < 1.29 is 9.18 Å². The highest BCUT2D eigenvalue weighted by molar-refractivity contribution is 5.72. The summed E-state index contributed by atoms with van der Waals surface area (Å²) in [7, 11) is 0. The van der Waals surface area contributed by atoms with E-state index < -0.39 is 5.67 Å². The number of nitrogens with zero attached hydrogens (tertiary/aromatic N) is 3. The highest BCUT2D eigenvalue weighted by Crippen LogP contribution is 2.29. The van der Waals surface area contributed by atoms with Gasteiger partial charge < -0.3 is 10.2 Å². The van der Waals surface area contributed by atoms with Crippen LogP contribution in [-0.4, -0.2) is 41.2 Å². The first-order chi connectivity index (χ1) is 10.2. The van der Waals surface area contributed by atoms with Crippen LogP contribution in [0.1, 0.15) is 46.4 Å². The fraction of sp³-hybridized carbons (Fsp3) is 0.688. The molecule has 1 fully saturated rings. The number of halogens is 1. The lowest BCUT2D eigenvalue weighted by Crippen LogP contribution is -2.48. The minimum Gasteiger partial charge on any atom is -0.356 e. The first-order valence-corrected chi connectivity index (χ1v) is 7.71. The maximum atomic E-state index is 14.6. The Morgan fingerprint density at radius 1 is 1.41 bits per heavy atom. The van der Waals surface area contributed by atoms with Gasteiger partial charge in [0.05, 0.1) is 6.54 Å². The van der Waals surface area contributed by atoms with Gasteiger partial charge in [-0.25, -0.2) is 14.4 Å². The normalized spacial score (nSPS) is 18.1. The molecule has 122 valence electrons. The topological polar surface area (TPSA) is 58.1 Å². The van der Waals surface area contributed by atoms with Crippen LogP contribution in [-0.2, 0) is 10.2 Å². The van der Waals surface area contributed by atoms with E-state index in [0.717, 1.165) is 11.6 Å². The lowest BCUT2D eigenvalue weighted by atomic mass is 9.93. The molecule has 0 unspecified atom stereocenters. The van der Waals surface area contributed by atoms with Gasteiger partial charge >= 0.3 is 0 Å². The standard InChI is InChI=1S/C16H25FN4O/c1-12(22)19-11-16(17)6-9-21(10-7-16)13-5-8-18-14(20-13)15(2,3)4/h5,8H,6-7,9-11H2,1-4H3,(H,19,22). The average molecular weight is 308 g/mol. The fourth-order valence-corrected chi connectivity index (χ4v) is 2.48. The number of hydrogen-bond donors (Lipinski definition) is 1. The molecule has 0 saturated carbocycles. The summed E-state index contributed by atoms with van der Waals surface area (Å²) in [6.07, 6.45) is 2.54.